The minimum atomic E-state index is -0.470. The molecule has 0 amide bonds. The van der Waals surface area contributed by atoms with Gasteiger partial charge in [0.2, 0.25) is 0 Å². The van der Waals surface area contributed by atoms with E-state index in [-0.39, 0.29) is 5.69 Å². The van der Waals surface area contributed by atoms with Crippen LogP contribution in [0.3, 0.4) is 0 Å². The van der Waals surface area contributed by atoms with Crippen molar-refractivity contribution < 1.29 is 14.1 Å². The number of nitro groups is 1. The highest BCUT2D eigenvalue weighted by Gasteiger charge is 2.14. The number of nitrogens with zero attached hydrogens (tertiary/aromatic N) is 2. The summed E-state index contributed by atoms with van der Waals surface area (Å²) in [4.78, 5) is 17.9. The number of H-pyrrole nitrogens is 1. The summed E-state index contributed by atoms with van der Waals surface area (Å²) in [7, 11) is 0. The predicted molar refractivity (Wildman–Crippen MR) is 142 cm³/mol. The van der Waals surface area contributed by atoms with Crippen LogP contribution in [0.25, 0.3) is 33.5 Å². The molecule has 4 rings (SSSR count). The van der Waals surface area contributed by atoms with Gasteiger partial charge < -0.3 is 9.72 Å². The van der Waals surface area contributed by atoms with Crippen molar-refractivity contribution in [3.8, 4) is 28.3 Å². The number of rotatable bonds is 13. The second kappa shape index (κ2) is 12.3. The molecule has 0 atom stereocenters. The van der Waals surface area contributed by atoms with Crippen LogP contribution in [0.1, 0.15) is 58.3 Å². The van der Waals surface area contributed by atoms with Crippen molar-refractivity contribution in [1.29, 1.82) is 0 Å². The molecular formula is C29H32FN3O3. The van der Waals surface area contributed by atoms with Crippen molar-refractivity contribution in [1.82, 2.24) is 9.97 Å². The zero-order valence-electron chi connectivity index (χ0n) is 20.6. The molecule has 3 aromatic carbocycles. The average molecular weight is 490 g/mol. The summed E-state index contributed by atoms with van der Waals surface area (Å²) in [6, 6.07) is 17.0. The van der Waals surface area contributed by atoms with Gasteiger partial charge in [0.25, 0.3) is 5.69 Å². The van der Waals surface area contributed by atoms with Crippen LogP contribution in [-0.4, -0.2) is 21.5 Å². The van der Waals surface area contributed by atoms with E-state index in [0.29, 0.717) is 29.0 Å². The number of aromatic amines is 1. The summed E-state index contributed by atoms with van der Waals surface area (Å²) < 4.78 is 20.9. The first-order valence-electron chi connectivity index (χ1n) is 12.7. The van der Waals surface area contributed by atoms with E-state index in [4.69, 9.17) is 4.74 Å². The molecule has 0 saturated heterocycles. The van der Waals surface area contributed by atoms with Gasteiger partial charge in [-0.05, 0) is 47.9 Å². The Labute approximate surface area is 210 Å². The van der Waals surface area contributed by atoms with E-state index in [1.807, 2.05) is 30.3 Å². The van der Waals surface area contributed by atoms with Crippen molar-refractivity contribution in [2.45, 2.75) is 58.3 Å². The number of halogens is 1. The molecule has 0 aliphatic carbocycles. The third kappa shape index (κ3) is 6.47. The van der Waals surface area contributed by atoms with Crippen LogP contribution < -0.4 is 4.74 Å². The number of non-ortho nitro benzene ring substituents is 1. The number of benzene rings is 3. The minimum Gasteiger partial charge on any atom is -0.494 e. The quantitative estimate of drug-likeness (QED) is 0.116. The molecule has 1 N–H and O–H groups in total. The zero-order valence-corrected chi connectivity index (χ0v) is 20.6. The van der Waals surface area contributed by atoms with Gasteiger partial charge in [-0.15, -0.1) is 0 Å². The Morgan fingerprint density at radius 2 is 1.58 bits per heavy atom. The smallest absolute Gasteiger partial charge is 0.271 e. The molecule has 1 heterocycles. The molecule has 0 fully saturated rings. The molecule has 0 radical (unpaired) electrons. The van der Waals surface area contributed by atoms with E-state index >= 15 is 0 Å². The topological polar surface area (TPSA) is 81.1 Å². The summed E-state index contributed by atoms with van der Waals surface area (Å²) in [6.45, 7) is 2.94. The van der Waals surface area contributed by atoms with Crippen LogP contribution in [0.4, 0.5) is 10.1 Å². The fourth-order valence-electron chi connectivity index (χ4n) is 4.30. The Bertz CT molecular complexity index is 1300. The molecule has 0 spiro atoms. The lowest BCUT2D eigenvalue weighted by molar-refractivity contribution is -0.384. The highest BCUT2D eigenvalue weighted by molar-refractivity contribution is 5.82. The first kappa shape index (κ1) is 25.4. The van der Waals surface area contributed by atoms with E-state index in [1.165, 1.54) is 63.1 Å². The monoisotopic (exact) mass is 489 g/mol. The lowest BCUT2D eigenvalue weighted by atomic mass is 10.0. The molecule has 0 aliphatic heterocycles. The van der Waals surface area contributed by atoms with Gasteiger partial charge in [0.05, 0.1) is 28.1 Å². The van der Waals surface area contributed by atoms with Crippen LogP contribution in [0.2, 0.25) is 0 Å². The number of unbranched alkanes of at least 4 members (excludes halogenated alkanes) is 7. The van der Waals surface area contributed by atoms with E-state index in [9.17, 15) is 14.5 Å². The van der Waals surface area contributed by atoms with E-state index in [0.717, 1.165) is 23.3 Å². The van der Waals surface area contributed by atoms with Crippen molar-refractivity contribution in [3.05, 3.63) is 76.6 Å². The Hall–Kier alpha value is -3.74. The van der Waals surface area contributed by atoms with Crippen LogP contribution in [0.15, 0.2) is 60.7 Å². The molecular weight excluding hydrogens is 457 g/mol. The second-order valence-corrected chi connectivity index (χ2v) is 9.09. The summed E-state index contributed by atoms with van der Waals surface area (Å²) in [5.74, 6) is 0.727. The molecule has 1 aromatic heterocycles. The van der Waals surface area contributed by atoms with Crippen molar-refractivity contribution in [2.75, 3.05) is 6.61 Å². The maximum absolute atomic E-state index is 15.0. The van der Waals surface area contributed by atoms with E-state index in [1.54, 1.807) is 12.1 Å². The lowest BCUT2D eigenvalue weighted by Gasteiger charge is -2.08. The number of imidazole rings is 1. The van der Waals surface area contributed by atoms with Gasteiger partial charge in [0, 0.05) is 12.1 Å². The third-order valence-corrected chi connectivity index (χ3v) is 6.35. The maximum Gasteiger partial charge on any atom is 0.271 e. The second-order valence-electron chi connectivity index (χ2n) is 9.09. The Balaban J connectivity index is 1.33. The van der Waals surface area contributed by atoms with Crippen molar-refractivity contribution >= 4 is 16.7 Å². The molecule has 0 saturated carbocycles. The van der Waals surface area contributed by atoms with Gasteiger partial charge >= 0.3 is 0 Å². The molecule has 4 aromatic rings. The largest absolute Gasteiger partial charge is 0.494 e. The summed E-state index contributed by atoms with van der Waals surface area (Å²) in [5.41, 5.74) is 2.94. The van der Waals surface area contributed by atoms with Crippen molar-refractivity contribution in [3.63, 3.8) is 0 Å². The molecule has 36 heavy (non-hydrogen) atoms. The van der Waals surface area contributed by atoms with Gasteiger partial charge in [-0.1, -0.05) is 70.1 Å². The minimum absolute atomic E-state index is 0.0428. The van der Waals surface area contributed by atoms with Crippen LogP contribution in [0, 0.1) is 15.9 Å². The Morgan fingerprint density at radius 3 is 2.28 bits per heavy atom. The van der Waals surface area contributed by atoms with Crippen molar-refractivity contribution in [2.24, 2.45) is 0 Å². The third-order valence-electron chi connectivity index (χ3n) is 6.35. The number of nitro benzene ring substituents is 1. The molecule has 0 aliphatic rings. The molecule has 7 heteroatoms. The number of aromatic nitrogens is 2. The van der Waals surface area contributed by atoms with Crippen LogP contribution in [0.5, 0.6) is 5.75 Å². The van der Waals surface area contributed by atoms with E-state index < -0.39 is 10.7 Å². The zero-order chi connectivity index (χ0) is 25.3. The average Bonchev–Trinajstić information content (AvgIpc) is 3.31. The van der Waals surface area contributed by atoms with Gasteiger partial charge in [-0.25, -0.2) is 9.37 Å². The maximum atomic E-state index is 15.0. The molecule has 0 bridgehead atoms. The van der Waals surface area contributed by atoms with Gasteiger partial charge in [0.15, 0.2) is 0 Å². The van der Waals surface area contributed by atoms with Gasteiger partial charge in [-0.2, -0.15) is 0 Å². The number of nitrogens with one attached hydrogen (secondary N) is 1. The first-order valence-corrected chi connectivity index (χ1v) is 12.7. The first-order chi connectivity index (χ1) is 17.5. The van der Waals surface area contributed by atoms with Crippen LogP contribution >= 0.6 is 0 Å². The molecule has 6 nitrogen and oxygen atoms in total. The van der Waals surface area contributed by atoms with Gasteiger partial charge in [0.1, 0.15) is 17.4 Å². The fraction of sp³-hybridized carbons (Fsp3) is 0.345. The highest BCUT2D eigenvalue weighted by Crippen LogP contribution is 2.30. The standard InChI is InChI=1S/C29H32FN3O3/c1-2-3-4-5-6-7-8-9-18-36-24-14-10-21(11-15-24)22-12-16-25(26(30)19-22)29-31-27-17-13-23(33(34)35)20-28(27)32-29/h10-17,19-20H,2-9,18H2,1H3,(H,31,32). The number of fused-ring (bicyclic) bond motifs is 1. The fourth-order valence-corrected chi connectivity index (χ4v) is 4.30. The normalized spacial score (nSPS) is 11.2. The Morgan fingerprint density at radius 1 is 0.889 bits per heavy atom. The lowest BCUT2D eigenvalue weighted by Crippen LogP contribution is -1.97. The SMILES string of the molecule is CCCCCCCCCCOc1ccc(-c2ccc(-c3nc4ccc([N+](=O)[O-])cc4[nH]3)c(F)c2)cc1. The number of ether oxygens (including phenoxy) is 1. The van der Waals surface area contributed by atoms with E-state index in [2.05, 4.69) is 16.9 Å². The predicted octanol–water partition coefficient (Wildman–Crippen LogP) is 8.46. The number of hydrogen-bond acceptors (Lipinski definition) is 4. The molecule has 0 unspecified atom stereocenters. The number of hydrogen-bond donors (Lipinski definition) is 1. The summed E-state index contributed by atoms with van der Waals surface area (Å²) in [5, 5.41) is 11.0. The van der Waals surface area contributed by atoms with Gasteiger partial charge in [-0.3, -0.25) is 10.1 Å². The summed E-state index contributed by atoms with van der Waals surface area (Å²) >= 11 is 0. The highest BCUT2D eigenvalue weighted by atomic mass is 19.1. The van der Waals surface area contributed by atoms with Crippen LogP contribution in [-0.2, 0) is 0 Å². The summed E-state index contributed by atoms with van der Waals surface area (Å²) in [6.07, 6.45) is 10.1. The Kier molecular flexibility index (Phi) is 8.66. The molecule has 188 valence electrons.